The molecule has 1 unspecified atom stereocenters. The summed E-state index contributed by atoms with van der Waals surface area (Å²) in [7, 11) is 0. The Balaban J connectivity index is 1.74. The molecule has 0 bridgehead atoms. The SMILES string of the molecule is Fc1ccc(C(CN2CCOCC2)N2CCOCC2)cc1. The summed E-state index contributed by atoms with van der Waals surface area (Å²) < 4.78 is 24.1. The van der Waals surface area contributed by atoms with E-state index in [2.05, 4.69) is 9.80 Å². The Morgan fingerprint density at radius 1 is 0.905 bits per heavy atom. The van der Waals surface area contributed by atoms with Gasteiger partial charge in [-0.25, -0.2) is 4.39 Å². The van der Waals surface area contributed by atoms with E-state index in [1.54, 1.807) is 12.1 Å². The Kier molecular flexibility index (Phi) is 5.19. The van der Waals surface area contributed by atoms with E-state index in [1.807, 2.05) is 12.1 Å². The van der Waals surface area contributed by atoms with Crippen LogP contribution in [0.25, 0.3) is 0 Å². The van der Waals surface area contributed by atoms with Crippen molar-refractivity contribution in [2.24, 2.45) is 0 Å². The van der Waals surface area contributed by atoms with E-state index in [4.69, 9.17) is 9.47 Å². The number of morpholine rings is 2. The topological polar surface area (TPSA) is 24.9 Å². The van der Waals surface area contributed by atoms with Gasteiger partial charge in [0.05, 0.1) is 26.4 Å². The Bertz CT molecular complexity index is 428. The van der Waals surface area contributed by atoms with Crippen molar-refractivity contribution in [1.29, 1.82) is 0 Å². The third-order valence-corrected chi connectivity index (χ3v) is 4.28. The summed E-state index contributed by atoms with van der Waals surface area (Å²) in [5, 5.41) is 0. The minimum atomic E-state index is -0.175. The summed E-state index contributed by atoms with van der Waals surface area (Å²) in [6.45, 7) is 7.96. The molecule has 5 heteroatoms. The van der Waals surface area contributed by atoms with E-state index in [9.17, 15) is 4.39 Å². The van der Waals surface area contributed by atoms with Gasteiger partial charge in [0.1, 0.15) is 5.82 Å². The van der Waals surface area contributed by atoms with Gasteiger partial charge in [-0.15, -0.1) is 0 Å². The molecule has 2 aliphatic heterocycles. The molecule has 0 saturated carbocycles. The van der Waals surface area contributed by atoms with Crippen molar-refractivity contribution < 1.29 is 13.9 Å². The van der Waals surface area contributed by atoms with Crippen LogP contribution in [-0.2, 0) is 9.47 Å². The molecule has 1 aromatic carbocycles. The van der Waals surface area contributed by atoms with Crippen molar-refractivity contribution in [2.45, 2.75) is 6.04 Å². The van der Waals surface area contributed by atoms with Gasteiger partial charge in [0.25, 0.3) is 0 Å². The van der Waals surface area contributed by atoms with Gasteiger partial charge in [-0.2, -0.15) is 0 Å². The van der Waals surface area contributed by atoms with Gasteiger partial charge in [-0.05, 0) is 17.7 Å². The Morgan fingerprint density at radius 2 is 1.48 bits per heavy atom. The Morgan fingerprint density at radius 3 is 2.10 bits per heavy atom. The number of hydrogen-bond donors (Lipinski definition) is 0. The second-order valence-corrected chi connectivity index (χ2v) is 5.63. The zero-order valence-corrected chi connectivity index (χ0v) is 12.3. The van der Waals surface area contributed by atoms with Gasteiger partial charge in [-0.1, -0.05) is 12.1 Å². The van der Waals surface area contributed by atoms with Gasteiger partial charge in [-0.3, -0.25) is 9.80 Å². The third kappa shape index (κ3) is 4.01. The van der Waals surface area contributed by atoms with E-state index in [-0.39, 0.29) is 5.82 Å². The summed E-state index contributed by atoms with van der Waals surface area (Å²) >= 11 is 0. The summed E-state index contributed by atoms with van der Waals surface area (Å²) in [6.07, 6.45) is 0. The number of halogens is 1. The summed E-state index contributed by atoms with van der Waals surface area (Å²) in [6, 6.07) is 7.24. The number of rotatable bonds is 4. The Hall–Kier alpha value is -1.01. The Labute approximate surface area is 125 Å². The van der Waals surface area contributed by atoms with Gasteiger partial charge in [0, 0.05) is 38.8 Å². The van der Waals surface area contributed by atoms with Crippen molar-refractivity contribution in [2.75, 3.05) is 59.2 Å². The highest BCUT2D eigenvalue weighted by Gasteiger charge is 2.25. The van der Waals surface area contributed by atoms with E-state index < -0.39 is 0 Å². The molecule has 0 spiro atoms. The molecule has 1 aromatic rings. The van der Waals surface area contributed by atoms with Gasteiger partial charge in [0.15, 0.2) is 0 Å². The van der Waals surface area contributed by atoms with Crippen LogP contribution in [0.2, 0.25) is 0 Å². The standard InChI is InChI=1S/C16H23FN2O2/c17-15-3-1-14(2-4-15)16(19-7-11-21-12-8-19)13-18-5-9-20-10-6-18/h1-4,16H,5-13H2. The van der Waals surface area contributed by atoms with Crippen LogP contribution in [0.3, 0.4) is 0 Å². The number of hydrogen-bond acceptors (Lipinski definition) is 4. The summed E-state index contributed by atoms with van der Waals surface area (Å²) in [5.74, 6) is -0.175. The summed E-state index contributed by atoms with van der Waals surface area (Å²) in [5.41, 5.74) is 1.18. The van der Waals surface area contributed by atoms with Crippen LogP contribution in [0.4, 0.5) is 4.39 Å². The highest BCUT2D eigenvalue weighted by atomic mass is 19.1. The van der Waals surface area contributed by atoms with Crippen molar-refractivity contribution in [1.82, 2.24) is 9.80 Å². The van der Waals surface area contributed by atoms with Crippen LogP contribution in [0.5, 0.6) is 0 Å². The quantitative estimate of drug-likeness (QED) is 0.841. The monoisotopic (exact) mass is 294 g/mol. The molecule has 0 radical (unpaired) electrons. The zero-order chi connectivity index (χ0) is 14.5. The minimum Gasteiger partial charge on any atom is -0.379 e. The molecule has 2 saturated heterocycles. The van der Waals surface area contributed by atoms with Crippen LogP contribution < -0.4 is 0 Å². The molecular weight excluding hydrogens is 271 g/mol. The van der Waals surface area contributed by atoms with Gasteiger partial charge in [0.2, 0.25) is 0 Å². The van der Waals surface area contributed by atoms with Crippen LogP contribution in [-0.4, -0.2) is 69.0 Å². The maximum absolute atomic E-state index is 13.2. The largest absolute Gasteiger partial charge is 0.379 e. The van der Waals surface area contributed by atoms with E-state index in [0.717, 1.165) is 59.2 Å². The van der Waals surface area contributed by atoms with E-state index in [0.29, 0.717) is 6.04 Å². The second-order valence-electron chi connectivity index (χ2n) is 5.63. The molecule has 4 nitrogen and oxygen atoms in total. The number of nitrogens with zero attached hydrogens (tertiary/aromatic N) is 2. The van der Waals surface area contributed by atoms with Crippen molar-refractivity contribution in [3.63, 3.8) is 0 Å². The molecule has 2 aliphatic rings. The first kappa shape index (κ1) is 14.9. The highest BCUT2D eigenvalue weighted by molar-refractivity contribution is 5.20. The predicted octanol–water partition coefficient (Wildman–Crippen LogP) is 1.53. The average Bonchev–Trinajstić information content (AvgIpc) is 2.55. The molecule has 0 N–H and O–H groups in total. The maximum Gasteiger partial charge on any atom is 0.123 e. The molecule has 0 aromatic heterocycles. The minimum absolute atomic E-state index is 0.175. The van der Waals surface area contributed by atoms with E-state index >= 15 is 0 Å². The fourth-order valence-electron chi connectivity index (χ4n) is 3.03. The van der Waals surface area contributed by atoms with Crippen LogP contribution in [0.15, 0.2) is 24.3 Å². The van der Waals surface area contributed by atoms with E-state index in [1.165, 1.54) is 5.56 Å². The van der Waals surface area contributed by atoms with Crippen molar-refractivity contribution in [3.05, 3.63) is 35.6 Å². The van der Waals surface area contributed by atoms with Crippen LogP contribution in [0.1, 0.15) is 11.6 Å². The lowest BCUT2D eigenvalue weighted by atomic mass is 10.0. The molecule has 0 amide bonds. The van der Waals surface area contributed by atoms with Gasteiger partial charge >= 0.3 is 0 Å². The lowest BCUT2D eigenvalue weighted by molar-refractivity contribution is -0.00987. The molecule has 116 valence electrons. The molecule has 3 rings (SSSR count). The third-order valence-electron chi connectivity index (χ3n) is 4.28. The first-order valence-electron chi connectivity index (χ1n) is 7.70. The van der Waals surface area contributed by atoms with Crippen LogP contribution >= 0.6 is 0 Å². The predicted molar refractivity (Wildman–Crippen MR) is 78.8 cm³/mol. The van der Waals surface area contributed by atoms with Crippen molar-refractivity contribution >= 4 is 0 Å². The lowest BCUT2D eigenvalue weighted by Gasteiger charge is -2.38. The first-order valence-corrected chi connectivity index (χ1v) is 7.70. The molecule has 2 fully saturated rings. The lowest BCUT2D eigenvalue weighted by Crippen LogP contribution is -2.46. The number of benzene rings is 1. The smallest absolute Gasteiger partial charge is 0.123 e. The second kappa shape index (κ2) is 7.31. The fourth-order valence-corrected chi connectivity index (χ4v) is 3.03. The van der Waals surface area contributed by atoms with Gasteiger partial charge < -0.3 is 9.47 Å². The highest BCUT2D eigenvalue weighted by Crippen LogP contribution is 2.24. The first-order chi connectivity index (χ1) is 10.3. The zero-order valence-electron chi connectivity index (χ0n) is 12.3. The van der Waals surface area contributed by atoms with Crippen LogP contribution in [0, 0.1) is 5.82 Å². The normalized spacial score (nSPS) is 23.1. The number of ether oxygens (including phenoxy) is 2. The molecule has 2 heterocycles. The molecule has 1 atom stereocenters. The summed E-state index contributed by atoms with van der Waals surface area (Å²) in [4.78, 5) is 4.89. The molecule has 0 aliphatic carbocycles. The maximum atomic E-state index is 13.2. The van der Waals surface area contributed by atoms with Crippen molar-refractivity contribution in [3.8, 4) is 0 Å². The molecule has 21 heavy (non-hydrogen) atoms. The molecular formula is C16H23FN2O2. The fraction of sp³-hybridized carbons (Fsp3) is 0.625. The average molecular weight is 294 g/mol.